The van der Waals surface area contributed by atoms with Crippen molar-refractivity contribution in [2.75, 3.05) is 25.5 Å². The number of ether oxygens (including phenoxy) is 1. The molecule has 5 rings (SSSR count). The number of benzene rings is 2. The van der Waals surface area contributed by atoms with Gasteiger partial charge in [0.2, 0.25) is 0 Å². The summed E-state index contributed by atoms with van der Waals surface area (Å²) in [5.41, 5.74) is 4.53. The van der Waals surface area contributed by atoms with Gasteiger partial charge in [-0.05, 0) is 66.6 Å². The number of amides is 1. The van der Waals surface area contributed by atoms with E-state index in [1.807, 2.05) is 23.1 Å². The van der Waals surface area contributed by atoms with E-state index < -0.39 is 0 Å². The van der Waals surface area contributed by atoms with Crippen molar-refractivity contribution in [1.29, 1.82) is 0 Å². The fraction of sp³-hybridized carbons (Fsp3) is 0.423. The smallest absolute Gasteiger partial charge is 0.253 e. The number of carbonyl (C=O) groups is 1. The first-order chi connectivity index (χ1) is 14.7. The van der Waals surface area contributed by atoms with Crippen LogP contribution in [0.5, 0.6) is 5.75 Å². The number of carbonyl (C=O) groups excluding carboxylic acids is 1. The Morgan fingerprint density at radius 3 is 2.53 bits per heavy atom. The second-order valence-corrected chi connectivity index (χ2v) is 8.76. The number of allylic oxidation sites excluding steroid dienone is 2. The van der Waals surface area contributed by atoms with Gasteiger partial charge in [0.05, 0.1) is 13.2 Å². The number of nitrogens with one attached hydrogen (secondary N) is 1. The molecule has 1 fully saturated rings. The standard InChI is InChI=1S/C26H30N2O2/c1-30-20-12-9-18(10-13-20)25-22-8-6-7-21(22)23-17-19(11-14-24(23)27-25)26(29)28-15-4-2-3-5-16-28/h6-7,9-14,17,21-22,25,27H,2-5,8,15-16H2,1H3. The summed E-state index contributed by atoms with van der Waals surface area (Å²) in [4.78, 5) is 15.2. The van der Waals surface area contributed by atoms with E-state index in [4.69, 9.17) is 4.74 Å². The predicted molar refractivity (Wildman–Crippen MR) is 120 cm³/mol. The molecule has 3 unspecified atom stereocenters. The van der Waals surface area contributed by atoms with Crippen LogP contribution in [0.1, 0.15) is 65.5 Å². The van der Waals surface area contributed by atoms with Crippen molar-refractivity contribution in [3.8, 4) is 5.75 Å². The van der Waals surface area contributed by atoms with E-state index >= 15 is 0 Å². The maximum Gasteiger partial charge on any atom is 0.253 e. The van der Waals surface area contributed by atoms with Crippen LogP contribution in [-0.4, -0.2) is 31.0 Å². The molecule has 0 aromatic heterocycles. The highest BCUT2D eigenvalue weighted by molar-refractivity contribution is 5.95. The molecule has 3 atom stereocenters. The molecule has 3 aliphatic rings. The average molecular weight is 403 g/mol. The largest absolute Gasteiger partial charge is 0.497 e. The zero-order valence-corrected chi connectivity index (χ0v) is 17.6. The highest BCUT2D eigenvalue weighted by Gasteiger charge is 2.38. The molecule has 4 heteroatoms. The number of methoxy groups -OCH3 is 1. The van der Waals surface area contributed by atoms with Gasteiger partial charge >= 0.3 is 0 Å². The van der Waals surface area contributed by atoms with Crippen LogP contribution in [0.3, 0.4) is 0 Å². The molecule has 156 valence electrons. The molecule has 0 saturated carbocycles. The van der Waals surface area contributed by atoms with E-state index in [9.17, 15) is 4.79 Å². The quantitative estimate of drug-likeness (QED) is 0.686. The number of fused-ring (bicyclic) bond motifs is 3. The van der Waals surface area contributed by atoms with Gasteiger partial charge in [-0.25, -0.2) is 0 Å². The first-order valence-electron chi connectivity index (χ1n) is 11.2. The topological polar surface area (TPSA) is 41.6 Å². The molecule has 1 N–H and O–H groups in total. The normalized spacial score (nSPS) is 25.1. The van der Waals surface area contributed by atoms with Crippen molar-refractivity contribution in [2.24, 2.45) is 5.92 Å². The number of nitrogens with zero attached hydrogens (tertiary/aromatic N) is 1. The Morgan fingerprint density at radius 1 is 1.03 bits per heavy atom. The minimum Gasteiger partial charge on any atom is -0.497 e. The minimum atomic E-state index is 0.190. The minimum absolute atomic E-state index is 0.190. The monoisotopic (exact) mass is 402 g/mol. The van der Waals surface area contributed by atoms with Crippen LogP contribution in [0, 0.1) is 5.92 Å². The van der Waals surface area contributed by atoms with Gasteiger partial charge in [0, 0.05) is 30.3 Å². The van der Waals surface area contributed by atoms with E-state index in [0.717, 1.165) is 49.4 Å². The lowest BCUT2D eigenvalue weighted by Gasteiger charge is -2.38. The van der Waals surface area contributed by atoms with Crippen molar-refractivity contribution in [3.05, 3.63) is 71.3 Å². The first-order valence-corrected chi connectivity index (χ1v) is 11.2. The van der Waals surface area contributed by atoms with Crippen LogP contribution < -0.4 is 10.1 Å². The summed E-state index contributed by atoms with van der Waals surface area (Å²) in [6, 6.07) is 14.9. The number of rotatable bonds is 3. The zero-order chi connectivity index (χ0) is 20.5. The Labute approximate surface area is 178 Å². The van der Waals surface area contributed by atoms with Crippen LogP contribution in [0.25, 0.3) is 0 Å². The summed E-state index contributed by atoms with van der Waals surface area (Å²) in [5, 5.41) is 3.77. The summed E-state index contributed by atoms with van der Waals surface area (Å²) in [5.74, 6) is 1.89. The molecular weight excluding hydrogens is 372 g/mol. The van der Waals surface area contributed by atoms with E-state index in [0.29, 0.717) is 11.8 Å². The van der Waals surface area contributed by atoms with Gasteiger partial charge in [0.25, 0.3) is 5.91 Å². The second kappa shape index (κ2) is 8.17. The Bertz CT molecular complexity index is 942. The maximum atomic E-state index is 13.2. The second-order valence-electron chi connectivity index (χ2n) is 8.76. The molecule has 4 nitrogen and oxygen atoms in total. The van der Waals surface area contributed by atoms with Gasteiger partial charge in [-0.1, -0.05) is 37.1 Å². The van der Waals surface area contributed by atoms with Gasteiger partial charge in [0.15, 0.2) is 0 Å². The number of hydrogen-bond donors (Lipinski definition) is 1. The van der Waals surface area contributed by atoms with Crippen LogP contribution in [-0.2, 0) is 0 Å². The van der Waals surface area contributed by atoms with Gasteiger partial charge in [0.1, 0.15) is 5.75 Å². The van der Waals surface area contributed by atoms with Crippen molar-refractivity contribution < 1.29 is 9.53 Å². The van der Waals surface area contributed by atoms with E-state index in [2.05, 4.69) is 41.7 Å². The summed E-state index contributed by atoms with van der Waals surface area (Å²) < 4.78 is 5.32. The molecule has 2 aromatic rings. The maximum absolute atomic E-state index is 13.2. The molecule has 1 aliphatic carbocycles. The molecule has 2 heterocycles. The lowest BCUT2D eigenvalue weighted by atomic mass is 9.76. The molecule has 0 spiro atoms. The molecule has 30 heavy (non-hydrogen) atoms. The fourth-order valence-corrected chi connectivity index (χ4v) is 5.33. The van der Waals surface area contributed by atoms with Crippen molar-refractivity contribution in [3.63, 3.8) is 0 Å². The molecule has 1 saturated heterocycles. The summed E-state index contributed by atoms with van der Waals surface area (Å²) >= 11 is 0. The fourth-order valence-electron chi connectivity index (χ4n) is 5.33. The van der Waals surface area contributed by atoms with E-state index in [-0.39, 0.29) is 11.9 Å². The van der Waals surface area contributed by atoms with Crippen molar-refractivity contribution >= 4 is 11.6 Å². The molecule has 2 aromatic carbocycles. The predicted octanol–water partition coefficient (Wildman–Crippen LogP) is 5.54. The Hall–Kier alpha value is -2.75. The third kappa shape index (κ3) is 3.49. The SMILES string of the molecule is COc1ccc(C2Nc3ccc(C(=O)N4CCCCCC4)cc3C3C=CCC32)cc1. The Kier molecular flexibility index (Phi) is 5.24. The Balaban J connectivity index is 1.43. The highest BCUT2D eigenvalue weighted by atomic mass is 16.5. The summed E-state index contributed by atoms with van der Waals surface area (Å²) in [7, 11) is 1.70. The number of hydrogen-bond acceptors (Lipinski definition) is 3. The number of anilines is 1. The van der Waals surface area contributed by atoms with Crippen LogP contribution in [0.15, 0.2) is 54.6 Å². The van der Waals surface area contributed by atoms with Crippen LogP contribution in [0.4, 0.5) is 5.69 Å². The van der Waals surface area contributed by atoms with Gasteiger partial charge in [-0.15, -0.1) is 0 Å². The Morgan fingerprint density at radius 2 is 1.80 bits per heavy atom. The molecule has 2 aliphatic heterocycles. The summed E-state index contributed by atoms with van der Waals surface area (Å²) in [6.07, 6.45) is 10.4. The third-order valence-corrected chi connectivity index (χ3v) is 6.98. The van der Waals surface area contributed by atoms with Crippen LogP contribution >= 0.6 is 0 Å². The average Bonchev–Trinajstić information content (AvgIpc) is 3.13. The van der Waals surface area contributed by atoms with Gasteiger partial charge < -0.3 is 15.0 Å². The lowest BCUT2D eigenvalue weighted by molar-refractivity contribution is 0.0761. The molecule has 0 bridgehead atoms. The van der Waals surface area contributed by atoms with E-state index in [1.54, 1.807) is 7.11 Å². The molecular formula is C26H30N2O2. The zero-order valence-electron chi connectivity index (χ0n) is 17.6. The van der Waals surface area contributed by atoms with Crippen LogP contribution in [0.2, 0.25) is 0 Å². The van der Waals surface area contributed by atoms with Crippen molar-refractivity contribution in [1.82, 2.24) is 4.90 Å². The van der Waals surface area contributed by atoms with Gasteiger partial charge in [-0.3, -0.25) is 4.79 Å². The van der Waals surface area contributed by atoms with E-state index in [1.165, 1.54) is 24.0 Å². The molecule has 0 radical (unpaired) electrons. The number of likely N-dealkylation sites (tertiary alicyclic amines) is 1. The summed E-state index contributed by atoms with van der Waals surface area (Å²) in [6.45, 7) is 1.78. The first kappa shape index (κ1) is 19.2. The third-order valence-electron chi connectivity index (χ3n) is 6.98. The lowest BCUT2D eigenvalue weighted by Crippen LogP contribution is -2.33. The van der Waals surface area contributed by atoms with Gasteiger partial charge in [-0.2, -0.15) is 0 Å². The highest BCUT2D eigenvalue weighted by Crippen LogP contribution is 2.50. The van der Waals surface area contributed by atoms with Crippen molar-refractivity contribution in [2.45, 2.75) is 44.1 Å². The molecule has 1 amide bonds.